The van der Waals surface area contributed by atoms with Crippen LogP contribution in [-0.2, 0) is 16.0 Å². The molecular weight excluding hydrogens is 264 g/mol. The lowest BCUT2D eigenvalue weighted by Gasteiger charge is -2.15. The fourth-order valence-corrected chi connectivity index (χ4v) is 3.03. The van der Waals surface area contributed by atoms with Crippen LogP contribution in [-0.4, -0.2) is 24.4 Å². The smallest absolute Gasteiger partial charge is 0.227 e. The van der Waals surface area contributed by atoms with Crippen LogP contribution in [0.5, 0.6) is 0 Å². The van der Waals surface area contributed by atoms with Crippen molar-refractivity contribution in [1.29, 1.82) is 0 Å². The molecule has 1 aliphatic heterocycles. The van der Waals surface area contributed by atoms with Gasteiger partial charge in [0.1, 0.15) is 0 Å². The number of nitrogens with one attached hydrogen (secondary N) is 1. The third-order valence-electron chi connectivity index (χ3n) is 4.48. The highest BCUT2D eigenvalue weighted by atomic mass is 16.2. The van der Waals surface area contributed by atoms with Gasteiger partial charge in [0.05, 0.1) is 6.42 Å². The maximum absolute atomic E-state index is 11.9. The molecule has 0 radical (unpaired) electrons. The van der Waals surface area contributed by atoms with Gasteiger partial charge in [0.15, 0.2) is 0 Å². The van der Waals surface area contributed by atoms with E-state index in [4.69, 9.17) is 0 Å². The van der Waals surface area contributed by atoms with E-state index in [1.54, 1.807) is 0 Å². The predicted octanol–water partition coefficient (Wildman–Crippen LogP) is 2.27. The van der Waals surface area contributed by atoms with Crippen molar-refractivity contribution in [2.75, 3.05) is 11.4 Å². The van der Waals surface area contributed by atoms with Crippen LogP contribution in [0.25, 0.3) is 0 Å². The molecule has 0 aromatic heterocycles. The van der Waals surface area contributed by atoms with Crippen molar-refractivity contribution in [1.82, 2.24) is 5.32 Å². The van der Waals surface area contributed by atoms with Gasteiger partial charge in [-0.25, -0.2) is 0 Å². The summed E-state index contributed by atoms with van der Waals surface area (Å²) in [4.78, 5) is 25.4. The number of hydrogen-bond acceptors (Lipinski definition) is 2. The van der Waals surface area contributed by atoms with E-state index in [1.165, 1.54) is 0 Å². The minimum atomic E-state index is 0.0981. The summed E-state index contributed by atoms with van der Waals surface area (Å²) in [6.45, 7) is 2.97. The zero-order valence-corrected chi connectivity index (χ0v) is 12.5. The first kappa shape index (κ1) is 14.1. The molecule has 1 heterocycles. The molecule has 0 bridgehead atoms. The van der Waals surface area contributed by atoms with Gasteiger partial charge in [-0.3, -0.25) is 9.59 Å². The number of hydrogen-bond donors (Lipinski definition) is 1. The van der Waals surface area contributed by atoms with Crippen LogP contribution in [0.4, 0.5) is 5.69 Å². The van der Waals surface area contributed by atoms with Crippen LogP contribution in [0.2, 0.25) is 0 Å². The van der Waals surface area contributed by atoms with Crippen LogP contribution >= 0.6 is 0 Å². The predicted molar refractivity (Wildman–Crippen MR) is 82.1 cm³/mol. The van der Waals surface area contributed by atoms with Gasteiger partial charge < -0.3 is 10.2 Å². The molecule has 112 valence electrons. The Morgan fingerprint density at radius 2 is 2.10 bits per heavy atom. The molecule has 2 atom stereocenters. The molecular formula is C17H22N2O2. The van der Waals surface area contributed by atoms with Gasteiger partial charge in [-0.15, -0.1) is 0 Å². The summed E-state index contributed by atoms with van der Waals surface area (Å²) in [7, 11) is 0. The molecule has 1 saturated heterocycles. The highest BCUT2D eigenvalue weighted by Crippen LogP contribution is 2.33. The molecule has 4 heteroatoms. The number of rotatable bonds is 5. The molecule has 0 unspecified atom stereocenters. The normalized spacial score (nSPS) is 24.2. The van der Waals surface area contributed by atoms with Gasteiger partial charge in [0.25, 0.3) is 0 Å². The first-order chi connectivity index (χ1) is 10.2. The van der Waals surface area contributed by atoms with Gasteiger partial charge in [0, 0.05) is 24.7 Å². The van der Waals surface area contributed by atoms with E-state index in [0.717, 1.165) is 37.1 Å². The second kappa shape index (κ2) is 5.88. The Morgan fingerprint density at radius 1 is 1.33 bits per heavy atom. The quantitative estimate of drug-likeness (QED) is 0.902. The van der Waals surface area contributed by atoms with Gasteiger partial charge in [-0.1, -0.05) is 25.5 Å². The molecule has 1 aromatic carbocycles. The van der Waals surface area contributed by atoms with E-state index in [0.29, 0.717) is 24.8 Å². The molecule has 1 saturated carbocycles. The van der Waals surface area contributed by atoms with Gasteiger partial charge >= 0.3 is 0 Å². The second-order valence-electron chi connectivity index (χ2n) is 6.07. The summed E-state index contributed by atoms with van der Waals surface area (Å²) in [6, 6.07) is 8.18. The minimum Gasteiger partial charge on any atom is -0.353 e. The molecule has 1 aliphatic carbocycles. The van der Waals surface area contributed by atoms with E-state index >= 15 is 0 Å². The van der Waals surface area contributed by atoms with Crippen LogP contribution < -0.4 is 10.2 Å². The SMILES string of the molecule is CC[C@@H]1C[C@@H]1NC(=O)Cc1ccc(N2CCCC2=O)cc1. The zero-order valence-electron chi connectivity index (χ0n) is 12.5. The fraction of sp³-hybridized carbons (Fsp3) is 0.529. The van der Waals surface area contributed by atoms with Gasteiger partial charge in [0.2, 0.25) is 11.8 Å². The minimum absolute atomic E-state index is 0.0981. The van der Waals surface area contributed by atoms with Crippen molar-refractivity contribution in [2.45, 2.75) is 45.1 Å². The molecule has 3 rings (SSSR count). The summed E-state index contributed by atoms with van der Waals surface area (Å²) in [5.74, 6) is 0.971. The fourth-order valence-electron chi connectivity index (χ4n) is 3.03. The van der Waals surface area contributed by atoms with Crippen LogP contribution in [0.3, 0.4) is 0 Å². The molecule has 2 fully saturated rings. The lowest BCUT2D eigenvalue weighted by atomic mass is 10.1. The van der Waals surface area contributed by atoms with Crippen LogP contribution in [0.1, 0.15) is 38.2 Å². The van der Waals surface area contributed by atoms with Crippen molar-refractivity contribution in [3.05, 3.63) is 29.8 Å². The third-order valence-corrected chi connectivity index (χ3v) is 4.48. The van der Waals surface area contributed by atoms with Crippen LogP contribution in [0, 0.1) is 5.92 Å². The van der Waals surface area contributed by atoms with E-state index in [9.17, 15) is 9.59 Å². The van der Waals surface area contributed by atoms with Crippen molar-refractivity contribution in [3.63, 3.8) is 0 Å². The summed E-state index contributed by atoms with van der Waals surface area (Å²) in [5, 5.41) is 3.08. The highest BCUT2D eigenvalue weighted by molar-refractivity contribution is 5.95. The zero-order chi connectivity index (χ0) is 14.8. The molecule has 2 aliphatic rings. The Labute approximate surface area is 125 Å². The highest BCUT2D eigenvalue weighted by Gasteiger charge is 2.36. The second-order valence-corrected chi connectivity index (χ2v) is 6.07. The molecule has 1 aromatic rings. The van der Waals surface area contributed by atoms with Crippen molar-refractivity contribution >= 4 is 17.5 Å². The average molecular weight is 286 g/mol. The Balaban J connectivity index is 1.54. The number of nitrogens with zero attached hydrogens (tertiary/aromatic N) is 1. The van der Waals surface area contributed by atoms with Gasteiger partial charge in [-0.2, -0.15) is 0 Å². The lowest BCUT2D eigenvalue weighted by molar-refractivity contribution is -0.120. The monoisotopic (exact) mass is 286 g/mol. The summed E-state index contributed by atoms with van der Waals surface area (Å²) < 4.78 is 0. The first-order valence-electron chi connectivity index (χ1n) is 7.86. The van der Waals surface area contributed by atoms with E-state index in [2.05, 4.69) is 12.2 Å². The Kier molecular flexibility index (Phi) is 3.95. The van der Waals surface area contributed by atoms with Crippen molar-refractivity contribution in [2.24, 2.45) is 5.92 Å². The summed E-state index contributed by atoms with van der Waals surface area (Å²) >= 11 is 0. The summed E-state index contributed by atoms with van der Waals surface area (Å²) in [6.07, 6.45) is 4.26. The maximum atomic E-state index is 11.9. The largest absolute Gasteiger partial charge is 0.353 e. The average Bonchev–Trinajstić information content (AvgIpc) is 3.09. The van der Waals surface area contributed by atoms with E-state index in [1.807, 2.05) is 29.2 Å². The third kappa shape index (κ3) is 3.26. The molecule has 0 spiro atoms. The van der Waals surface area contributed by atoms with Crippen molar-refractivity contribution in [3.8, 4) is 0 Å². The lowest BCUT2D eigenvalue weighted by Crippen LogP contribution is -2.28. The molecule has 1 N–H and O–H groups in total. The summed E-state index contributed by atoms with van der Waals surface area (Å²) in [5.41, 5.74) is 1.94. The Morgan fingerprint density at radius 3 is 2.67 bits per heavy atom. The molecule has 2 amide bonds. The number of benzene rings is 1. The Hall–Kier alpha value is -1.84. The van der Waals surface area contributed by atoms with E-state index in [-0.39, 0.29) is 11.8 Å². The van der Waals surface area contributed by atoms with Crippen LogP contribution in [0.15, 0.2) is 24.3 Å². The van der Waals surface area contributed by atoms with Gasteiger partial charge in [-0.05, 0) is 36.5 Å². The topological polar surface area (TPSA) is 49.4 Å². The van der Waals surface area contributed by atoms with Crippen molar-refractivity contribution < 1.29 is 9.59 Å². The Bertz CT molecular complexity index is 538. The standard InChI is InChI=1S/C17H22N2O2/c1-2-13-11-15(13)18-16(20)10-12-5-7-14(8-6-12)19-9-3-4-17(19)21/h5-8,13,15H,2-4,9-11H2,1H3,(H,18,20)/t13-,15+/m1/s1. The maximum Gasteiger partial charge on any atom is 0.227 e. The van der Waals surface area contributed by atoms with E-state index < -0.39 is 0 Å². The molecule has 21 heavy (non-hydrogen) atoms. The number of amides is 2. The first-order valence-corrected chi connectivity index (χ1v) is 7.86. The number of carbonyl (C=O) groups is 2. The molecule has 4 nitrogen and oxygen atoms in total. The number of anilines is 1. The number of carbonyl (C=O) groups excluding carboxylic acids is 2.